The Labute approximate surface area is 207 Å². The third kappa shape index (κ3) is 6.45. The lowest BCUT2D eigenvalue weighted by Crippen LogP contribution is -2.49. The monoisotopic (exact) mass is 487 g/mol. The number of nitrogens with zero attached hydrogens (tertiary/aromatic N) is 3. The van der Waals surface area contributed by atoms with Crippen LogP contribution >= 0.6 is 0 Å². The number of nitrogens with one attached hydrogen (secondary N) is 2. The summed E-state index contributed by atoms with van der Waals surface area (Å²) in [5, 5.41) is 5.88. The molecule has 2 aliphatic rings. The molecule has 1 aromatic carbocycles. The molecule has 0 aromatic heterocycles. The standard InChI is InChI=1S/C25H37N5O5/c1-6-35-23(31)21-20(16-29-12-7-13-30(15-14-29)25(33)26-17(2)3)28(4)24(32)27-22(21)18-8-10-19(34-5)11-9-18/h8-11,17,22H,6-7,12-16H2,1-5H3,(H,26,33)(H,27,32). The van der Waals surface area contributed by atoms with Crippen molar-refractivity contribution in [3.05, 3.63) is 41.1 Å². The summed E-state index contributed by atoms with van der Waals surface area (Å²) in [6.07, 6.45) is 0.797. The number of hydrogen-bond donors (Lipinski definition) is 2. The first-order chi connectivity index (χ1) is 16.7. The van der Waals surface area contributed by atoms with Gasteiger partial charge >= 0.3 is 18.0 Å². The fourth-order valence-electron chi connectivity index (χ4n) is 4.33. The Kier molecular flexibility index (Phi) is 8.97. The lowest BCUT2D eigenvalue weighted by Gasteiger charge is -2.36. The number of urea groups is 2. The van der Waals surface area contributed by atoms with E-state index in [1.807, 2.05) is 30.9 Å². The van der Waals surface area contributed by atoms with Gasteiger partial charge in [-0.3, -0.25) is 9.80 Å². The number of likely N-dealkylation sites (N-methyl/N-ethyl adjacent to an activating group) is 1. The van der Waals surface area contributed by atoms with E-state index in [2.05, 4.69) is 15.5 Å². The van der Waals surface area contributed by atoms with Gasteiger partial charge < -0.3 is 25.0 Å². The average molecular weight is 488 g/mol. The van der Waals surface area contributed by atoms with Gasteiger partial charge in [-0.1, -0.05) is 12.1 Å². The van der Waals surface area contributed by atoms with Crippen molar-refractivity contribution >= 4 is 18.0 Å². The minimum absolute atomic E-state index is 0.0676. The molecule has 2 heterocycles. The number of methoxy groups -OCH3 is 1. The van der Waals surface area contributed by atoms with Crippen LogP contribution in [-0.2, 0) is 9.53 Å². The molecular formula is C25H37N5O5. The summed E-state index contributed by atoms with van der Waals surface area (Å²) < 4.78 is 10.7. The van der Waals surface area contributed by atoms with Gasteiger partial charge in [-0.25, -0.2) is 14.4 Å². The molecule has 1 unspecified atom stereocenters. The highest BCUT2D eigenvalue weighted by Gasteiger charge is 2.37. The maximum atomic E-state index is 13.2. The summed E-state index contributed by atoms with van der Waals surface area (Å²) in [5.74, 6) is 0.230. The van der Waals surface area contributed by atoms with Gasteiger partial charge in [0.2, 0.25) is 0 Å². The average Bonchev–Trinajstić information content (AvgIpc) is 3.07. The van der Waals surface area contributed by atoms with Crippen LogP contribution in [0.1, 0.15) is 38.8 Å². The van der Waals surface area contributed by atoms with Crippen LogP contribution in [0.2, 0.25) is 0 Å². The van der Waals surface area contributed by atoms with E-state index in [0.717, 1.165) is 18.5 Å². The molecule has 0 radical (unpaired) electrons. The maximum Gasteiger partial charge on any atom is 0.338 e. The van der Waals surface area contributed by atoms with Gasteiger partial charge in [0.05, 0.1) is 25.3 Å². The second-order valence-corrected chi connectivity index (χ2v) is 9.02. The Hall–Kier alpha value is -3.27. The molecule has 1 aromatic rings. The number of hydrogen-bond acceptors (Lipinski definition) is 6. The van der Waals surface area contributed by atoms with Gasteiger partial charge in [-0.05, 0) is 44.9 Å². The SMILES string of the molecule is CCOC(=O)C1=C(CN2CCCN(C(=O)NC(C)C)CC2)N(C)C(=O)NC1c1ccc(OC)cc1. The number of benzene rings is 1. The van der Waals surface area contributed by atoms with Crippen molar-refractivity contribution in [3.8, 4) is 5.75 Å². The molecule has 3 rings (SSSR count). The summed E-state index contributed by atoms with van der Waals surface area (Å²) in [6.45, 7) is 8.86. The number of rotatable bonds is 7. The van der Waals surface area contributed by atoms with E-state index in [0.29, 0.717) is 43.2 Å². The van der Waals surface area contributed by atoms with Crippen molar-refractivity contribution in [2.75, 3.05) is 53.5 Å². The van der Waals surface area contributed by atoms with Gasteiger partial charge in [0, 0.05) is 51.5 Å². The van der Waals surface area contributed by atoms with Crippen molar-refractivity contribution in [3.63, 3.8) is 0 Å². The summed E-state index contributed by atoms with van der Waals surface area (Å²) in [6, 6.07) is 6.35. The quantitative estimate of drug-likeness (QED) is 0.573. The van der Waals surface area contributed by atoms with E-state index in [9.17, 15) is 14.4 Å². The topological polar surface area (TPSA) is 103 Å². The molecule has 10 nitrogen and oxygen atoms in total. The minimum atomic E-state index is -0.640. The van der Waals surface area contributed by atoms with Crippen molar-refractivity contribution < 1.29 is 23.9 Å². The van der Waals surface area contributed by atoms with Crippen LogP contribution in [0.4, 0.5) is 9.59 Å². The molecule has 192 valence electrons. The van der Waals surface area contributed by atoms with Gasteiger partial charge in [-0.2, -0.15) is 0 Å². The zero-order valence-corrected chi connectivity index (χ0v) is 21.3. The van der Waals surface area contributed by atoms with E-state index in [-0.39, 0.29) is 24.7 Å². The first kappa shape index (κ1) is 26.3. The number of amides is 4. The van der Waals surface area contributed by atoms with E-state index >= 15 is 0 Å². The van der Waals surface area contributed by atoms with Gasteiger partial charge in [0.1, 0.15) is 5.75 Å². The molecule has 2 aliphatic heterocycles. The first-order valence-corrected chi connectivity index (χ1v) is 12.1. The summed E-state index contributed by atoms with van der Waals surface area (Å²) >= 11 is 0. The second kappa shape index (κ2) is 11.9. The molecule has 10 heteroatoms. The van der Waals surface area contributed by atoms with Crippen LogP contribution < -0.4 is 15.4 Å². The summed E-state index contributed by atoms with van der Waals surface area (Å²) in [7, 11) is 3.25. The van der Waals surface area contributed by atoms with Crippen LogP contribution in [-0.4, -0.2) is 92.3 Å². The normalized spacial score (nSPS) is 19.4. The summed E-state index contributed by atoms with van der Waals surface area (Å²) in [5.41, 5.74) is 1.78. The minimum Gasteiger partial charge on any atom is -0.497 e. The van der Waals surface area contributed by atoms with E-state index in [1.165, 1.54) is 4.90 Å². The summed E-state index contributed by atoms with van der Waals surface area (Å²) in [4.78, 5) is 44.0. The molecule has 0 aliphatic carbocycles. The van der Waals surface area contributed by atoms with E-state index in [4.69, 9.17) is 9.47 Å². The van der Waals surface area contributed by atoms with Crippen LogP contribution in [0.3, 0.4) is 0 Å². The highest BCUT2D eigenvalue weighted by atomic mass is 16.5. The number of ether oxygens (including phenoxy) is 2. The number of esters is 1. The van der Waals surface area contributed by atoms with Crippen molar-refractivity contribution in [2.45, 2.75) is 39.3 Å². The Morgan fingerprint density at radius 1 is 1.14 bits per heavy atom. The number of carbonyl (C=O) groups excluding carboxylic acids is 3. The van der Waals surface area contributed by atoms with Crippen LogP contribution in [0.25, 0.3) is 0 Å². The first-order valence-electron chi connectivity index (χ1n) is 12.1. The molecule has 0 spiro atoms. The van der Waals surface area contributed by atoms with E-state index in [1.54, 1.807) is 33.2 Å². The fourth-order valence-corrected chi connectivity index (χ4v) is 4.33. The predicted molar refractivity (Wildman–Crippen MR) is 132 cm³/mol. The smallest absolute Gasteiger partial charge is 0.338 e. The largest absolute Gasteiger partial charge is 0.497 e. The van der Waals surface area contributed by atoms with Crippen molar-refractivity contribution in [2.24, 2.45) is 0 Å². The molecule has 1 fully saturated rings. The molecule has 4 amide bonds. The third-order valence-electron chi connectivity index (χ3n) is 6.18. The van der Waals surface area contributed by atoms with Crippen LogP contribution in [0.5, 0.6) is 5.75 Å². The lowest BCUT2D eigenvalue weighted by atomic mass is 9.94. The molecular weight excluding hydrogens is 450 g/mol. The lowest BCUT2D eigenvalue weighted by molar-refractivity contribution is -0.139. The Balaban J connectivity index is 1.89. The Bertz CT molecular complexity index is 946. The zero-order valence-electron chi connectivity index (χ0n) is 21.3. The zero-order chi connectivity index (χ0) is 25.5. The number of carbonyl (C=O) groups is 3. The Morgan fingerprint density at radius 3 is 2.49 bits per heavy atom. The molecule has 1 saturated heterocycles. The third-order valence-corrected chi connectivity index (χ3v) is 6.18. The van der Waals surface area contributed by atoms with Crippen LogP contribution in [0, 0.1) is 0 Å². The highest BCUT2D eigenvalue weighted by Crippen LogP contribution is 2.32. The fraction of sp³-hybridized carbons (Fsp3) is 0.560. The second-order valence-electron chi connectivity index (χ2n) is 9.02. The van der Waals surface area contributed by atoms with Crippen LogP contribution in [0.15, 0.2) is 35.5 Å². The molecule has 0 bridgehead atoms. The van der Waals surface area contributed by atoms with Gasteiger partial charge in [0.25, 0.3) is 0 Å². The maximum absolute atomic E-state index is 13.2. The molecule has 2 N–H and O–H groups in total. The van der Waals surface area contributed by atoms with Gasteiger partial charge in [0.15, 0.2) is 0 Å². The molecule has 35 heavy (non-hydrogen) atoms. The van der Waals surface area contributed by atoms with Crippen molar-refractivity contribution in [1.29, 1.82) is 0 Å². The van der Waals surface area contributed by atoms with E-state index < -0.39 is 12.0 Å². The highest BCUT2D eigenvalue weighted by molar-refractivity contribution is 5.95. The van der Waals surface area contributed by atoms with Crippen molar-refractivity contribution in [1.82, 2.24) is 25.3 Å². The molecule has 1 atom stereocenters. The van der Waals surface area contributed by atoms with Gasteiger partial charge in [-0.15, -0.1) is 0 Å². The Morgan fingerprint density at radius 2 is 1.86 bits per heavy atom. The predicted octanol–water partition coefficient (Wildman–Crippen LogP) is 2.33. The molecule has 0 saturated carbocycles.